The maximum absolute atomic E-state index is 15.1. The van der Waals surface area contributed by atoms with Crippen LogP contribution >= 0.6 is 0 Å². The third kappa shape index (κ3) is 2.83. The predicted molar refractivity (Wildman–Crippen MR) is 103 cm³/mol. The van der Waals surface area contributed by atoms with Crippen molar-refractivity contribution in [3.63, 3.8) is 0 Å². The van der Waals surface area contributed by atoms with Crippen LogP contribution in [0.25, 0.3) is 21.9 Å². The van der Waals surface area contributed by atoms with E-state index >= 15 is 4.39 Å². The molecule has 0 radical (unpaired) electrons. The molecule has 0 N–H and O–H groups in total. The zero-order valence-electron chi connectivity index (χ0n) is 15.3. The summed E-state index contributed by atoms with van der Waals surface area (Å²) >= 11 is 0. The number of ether oxygens (including phenoxy) is 1. The Morgan fingerprint density at radius 1 is 1.22 bits per heavy atom. The number of rotatable bonds is 3. The van der Waals surface area contributed by atoms with Crippen molar-refractivity contribution in [3.8, 4) is 16.9 Å². The third-order valence-corrected chi connectivity index (χ3v) is 5.22. The lowest BCUT2D eigenvalue weighted by Gasteiger charge is -2.21. The van der Waals surface area contributed by atoms with E-state index in [1.54, 1.807) is 19.2 Å². The maximum Gasteiger partial charge on any atom is 0.258 e. The van der Waals surface area contributed by atoms with Gasteiger partial charge in [0.05, 0.1) is 6.61 Å². The zero-order valence-corrected chi connectivity index (χ0v) is 15.3. The van der Waals surface area contributed by atoms with Gasteiger partial charge in [0, 0.05) is 41.7 Å². The van der Waals surface area contributed by atoms with E-state index in [0.717, 1.165) is 30.3 Å². The first-order valence-corrected chi connectivity index (χ1v) is 9.02. The molecular weight excluding hydrogens is 345 g/mol. The molecule has 4 rings (SSSR count). The Morgan fingerprint density at radius 3 is 2.81 bits per heavy atom. The highest BCUT2D eigenvalue weighted by atomic mass is 19.1. The van der Waals surface area contributed by atoms with E-state index in [1.807, 2.05) is 19.1 Å². The van der Waals surface area contributed by atoms with Gasteiger partial charge in [-0.15, -0.1) is 0 Å². The van der Waals surface area contributed by atoms with Crippen molar-refractivity contribution in [2.24, 2.45) is 7.05 Å². The van der Waals surface area contributed by atoms with Crippen LogP contribution in [0.2, 0.25) is 0 Å². The van der Waals surface area contributed by atoms with Crippen LogP contribution in [-0.4, -0.2) is 17.5 Å². The third-order valence-electron chi connectivity index (χ3n) is 5.22. The Morgan fingerprint density at radius 2 is 2.04 bits per heavy atom. The van der Waals surface area contributed by atoms with Crippen molar-refractivity contribution < 1.29 is 13.9 Å². The van der Waals surface area contributed by atoms with E-state index < -0.39 is 5.82 Å². The van der Waals surface area contributed by atoms with Crippen LogP contribution in [0, 0.1) is 12.7 Å². The van der Waals surface area contributed by atoms with Gasteiger partial charge in [-0.2, -0.15) is 0 Å². The number of pyridine rings is 1. The number of hydrogen-bond acceptors (Lipinski definition) is 3. The van der Waals surface area contributed by atoms with Crippen LogP contribution in [0.4, 0.5) is 4.39 Å². The molecule has 3 aromatic rings. The van der Waals surface area contributed by atoms with Crippen LogP contribution in [0.5, 0.6) is 5.75 Å². The predicted octanol–water partition coefficient (Wildman–Crippen LogP) is 3.72. The van der Waals surface area contributed by atoms with Gasteiger partial charge in [-0.3, -0.25) is 4.79 Å². The van der Waals surface area contributed by atoms with Gasteiger partial charge in [-0.25, -0.2) is 4.39 Å². The molecule has 4 nitrogen and oxygen atoms in total. The second-order valence-corrected chi connectivity index (χ2v) is 7.00. The van der Waals surface area contributed by atoms with E-state index in [0.29, 0.717) is 39.9 Å². The fourth-order valence-electron chi connectivity index (χ4n) is 3.86. The normalized spacial score (nSPS) is 13.3. The van der Waals surface area contributed by atoms with Crippen LogP contribution in [-0.2, 0) is 24.7 Å². The van der Waals surface area contributed by atoms with Gasteiger partial charge in [0.2, 0.25) is 0 Å². The SMILES string of the molecule is Cc1ccc2c(=O)n(C)c(CC=O)c(-c3cc4c(cc3F)OCCC4)c2c1. The molecule has 0 saturated heterocycles. The highest BCUT2D eigenvalue weighted by Crippen LogP contribution is 2.37. The van der Waals surface area contributed by atoms with Crippen molar-refractivity contribution in [1.82, 2.24) is 4.57 Å². The van der Waals surface area contributed by atoms with Gasteiger partial charge in [-0.05, 0) is 42.8 Å². The molecule has 5 heteroatoms. The van der Waals surface area contributed by atoms with Crippen molar-refractivity contribution in [2.75, 3.05) is 6.61 Å². The Labute approximate surface area is 156 Å². The monoisotopic (exact) mass is 365 g/mol. The van der Waals surface area contributed by atoms with Gasteiger partial charge in [0.1, 0.15) is 17.9 Å². The smallest absolute Gasteiger partial charge is 0.258 e. The summed E-state index contributed by atoms with van der Waals surface area (Å²) in [5.74, 6) is 0.161. The minimum Gasteiger partial charge on any atom is -0.493 e. The lowest BCUT2D eigenvalue weighted by atomic mass is 9.92. The Bertz CT molecular complexity index is 1130. The molecule has 0 saturated carbocycles. The van der Waals surface area contributed by atoms with Crippen LogP contribution < -0.4 is 10.3 Å². The second kappa shape index (κ2) is 6.65. The molecule has 0 unspecified atom stereocenters. The molecule has 0 amide bonds. The molecule has 2 aromatic carbocycles. The highest BCUT2D eigenvalue weighted by molar-refractivity contribution is 5.98. The summed E-state index contributed by atoms with van der Waals surface area (Å²) in [6.45, 7) is 2.52. The molecule has 0 aliphatic carbocycles. The summed E-state index contributed by atoms with van der Waals surface area (Å²) in [5.41, 5.74) is 3.26. The zero-order chi connectivity index (χ0) is 19.1. The van der Waals surface area contributed by atoms with E-state index in [9.17, 15) is 9.59 Å². The van der Waals surface area contributed by atoms with Gasteiger partial charge in [0.25, 0.3) is 5.56 Å². The van der Waals surface area contributed by atoms with E-state index in [4.69, 9.17) is 4.74 Å². The number of carbonyl (C=O) groups excluding carboxylic acids is 1. The fraction of sp³-hybridized carbons (Fsp3) is 0.273. The molecule has 1 aliphatic heterocycles. The summed E-state index contributed by atoms with van der Waals surface area (Å²) in [5, 5.41) is 1.19. The molecule has 0 bridgehead atoms. The number of halogens is 1. The van der Waals surface area contributed by atoms with Gasteiger partial charge in [-0.1, -0.05) is 17.7 Å². The molecule has 27 heavy (non-hydrogen) atoms. The maximum atomic E-state index is 15.1. The van der Waals surface area contributed by atoms with Gasteiger partial charge < -0.3 is 14.1 Å². The Balaban J connectivity index is 2.13. The largest absolute Gasteiger partial charge is 0.493 e. The number of hydrogen-bond donors (Lipinski definition) is 0. The number of carbonyl (C=O) groups is 1. The first-order chi connectivity index (χ1) is 13.0. The van der Waals surface area contributed by atoms with Crippen molar-refractivity contribution in [2.45, 2.75) is 26.2 Å². The number of nitrogens with zero attached hydrogens (tertiary/aromatic N) is 1. The van der Waals surface area contributed by atoms with Crippen LogP contribution in [0.1, 0.15) is 23.2 Å². The molecule has 0 spiro atoms. The topological polar surface area (TPSA) is 48.3 Å². The van der Waals surface area contributed by atoms with Crippen molar-refractivity contribution in [1.29, 1.82) is 0 Å². The fourth-order valence-corrected chi connectivity index (χ4v) is 3.86. The molecule has 1 aliphatic rings. The van der Waals surface area contributed by atoms with E-state index in [-0.39, 0.29) is 12.0 Å². The van der Waals surface area contributed by atoms with Gasteiger partial charge in [0.15, 0.2) is 0 Å². The number of benzene rings is 2. The first-order valence-electron chi connectivity index (χ1n) is 9.02. The molecular formula is C22H20FNO3. The number of fused-ring (bicyclic) bond motifs is 2. The first kappa shape index (κ1) is 17.5. The molecule has 0 fully saturated rings. The quantitative estimate of drug-likeness (QED) is 0.665. The lowest BCUT2D eigenvalue weighted by molar-refractivity contribution is -0.107. The summed E-state index contributed by atoms with van der Waals surface area (Å²) in [6, 6.07) is 8.74. The van der Waals surface area contributed by atoms with Crippen molar-refractivity contribution in [3.05, 3.63) is 63.3 Å². The standard InChI is InChI=1S/C22H20FNO3/c1-13-5-6-15-16(10-13)21(19(7-8-25)24(2)22(15)26)17-11-14-4-3-9-27-20(14)12-18(17)23/h5-6,8,10-12H,3-4,7,9H2,1-2H3. The summed E-state index contributed by atoms with van der Waals surface area (Å²) in [4.78, 5) is 24.1. The molecule has 138 valence electrons. The Kier molecular flexibility index (Phi) is 4.30. The molecule has 1 aromatic heterocycles. The van der Waals surface area contributed by atoms with Crippen molar-refractivity contribution >= 4 is 17.1 Å². The Hall–Kier alpha value is -2.95. The van der Waals surface area contributed by atoms with Crippen LogP contribution in [0.15, 0.2) is 35.1 Å². The average molecular weight is 365 g/mol. The summed E-state index contributed by atoms with van der Waals surface area (Å²) in [6.07, 6.45) is 2.48. The summed E-state index contributed by atoms with van der Waals surface area (Å²) in [7, 11) is 1.63. The number of aryl methyl sites for hydroxylation is 2. The lowest BCUT2D eigenvalue weighted by Crippen LogP contribution is -2.22. The summed E-state index contributed by atoms with van der Waals surface area (Å²) < 4.78 is 22.1. The second-order valence-electron chi connectivity index (χ2n) is 7.00. The highest BCUT2D eigenvalue weighted by Gasteiger charge is 2.22. The molecule has 2 heterocycles. The van der Waals surface area contributed by atoms with E-state index in [2.05, 4.69) is 0 Å². The number of aromatic nitrogens is 1. The van der Waals surface area contributed by atoms with E-state index in [1.165, 1.54) is 10.6 Å². The number of aldehydes is 1. The van der Waals surface area contributed by atoms with Crippen LogP contribution in [0.3, 0.4) is 0 Å². The van der Waals surface area contributed by atoms with Gasteiger partial charge >= 0.3 is 0 Å². The minimum absolute atomic E-state index is 0.0397. The molecule has 0 atom stereocenters. The minimum atomic E-state index is -0.413. The average Bonchev–Trinajstić information content (AvgIpc) is 2.66.